The number of nitrogens with one attached hydrogen (secondary N) is 1. The number of rotatable bonds is 8. The van der Waals surface area contributed by atoms with Gasteiger partial charge in [0.15, 0.2) is 0 Å². The fourth-order valence-corrected chi connectivity index (χ4v) is 1.94. The zero-order chi connectivity index (χ0) is 12.8. The summed E-state index contributed by atoms with van der Waals surface area (Å²) in [6, 6.07) is 0. The zero-order valence-electron chi connectivity index (χ0n) is 11.9. The third-order valence-electron chi connectivity index (χ3n) is 2.77. The largest absolute Gasteiger partial charge is 0.394 e. The molecule has 0 aliphatic carbocycles. The van der Waals surface area contributed by atoms with E-state index >= 15 is 0 Å². The van der Waals surface area contributed by atoms with Crippen LogP contribution in [0.4, 0.5) is 0 Å². The Morgan fingerprint density at radius 2 is 1.56 bits per heavy atom. The molecule has 0 radical (unpaired) electrons. The van der Waals surface area contributed by atoms with Crippen molar-refractivity contribution in [3.8, 4) is 0 Å². The van der Waals surface area contributed by atoms with Crippen molar-refractivity contribution < 1.29 is 5.11 Å². The minimum atomic E-state index is -0.191. The molecule has 16 heavy (non-hydrogen) atoms. The van der Waals surface area contributed by atoms with Crippen molar-refractivity contribution >= 4 is 0 Å². The standard InChI is InChI=1S/C13H30N2O/c1-11(2)7-15(8-12(3)4)9-13(5,10-16)14-6/h11-12,14,16H,7-10H2,1-6H3. The number of likely N-dealkylation sites (N-methyl/N-ethyl adjacent to an activating group) is 1. The van der Waals surface area contributed by atoms with Crippen LogP contribution in [0.25, 0.3) is 0 Å². The van der Waals surface area contributed by atoms with Crippen LogP contribution >= 0.6 is 0 Å². The Balaban J connectivity index is 4.39. The molecule has 0 saturated heterocycles. The van der Waals surface area contributed by atoms with Gasteiger partial charge in [0.1, 0.15) is 0 Å². The average Bonchev–Trinajstić information content (AvgIpc) is 2.15. The van der Waals surface area contributed by atoms with Crippen LogP contribution in [-0.4, -0.2) is 48.8 Å². The van der Waals surface area contributed by atoms with Gasteiger partial charge in [-0.1, -0.05) is 27.7 Å². The van der Waals surface area contributed by atoms with Gasteiger partial charge in [0.05, 0.1) is 12.1 Å². The molecular weight excluding hydrogens is 200 g/mol. The van der Waals surface area contributed by atoms with Gasteiger partial charge >= 0.3 is 0 Å². The molecule has 2 N–H and O–H groups in total. The van der Waals surface area contributed by atoms with Crippen molar-refractivity contribution in [3.05, 3.63) is 0 Å². The summed E-state index contributed by atoms with van der Waals surface area (Å²) in [6.45, 7) is 14.3. The number of aliphatic hydroxyl groups is 1. The lowest BCUT2D eigenvalue weighted by Crippen LogP contribution is -2.53. The van der Waals surface area contributed by atoms with Crippen molar-refractivity contribution in [3.63, 3.8) is 0 Å². The molecule has 0 rings (SSSR count). The molecule has 0 bridgehead atoms. The summed E-state index contributed by atoms with van der Waals surface area (Å²) in [5.41, 5.74) is -0.191. The Hall–Kier alpha value is -0.120. The molecule has 0 aromatic heterocycles. The second-order valence-electron chi connectivity index (χ2n) is 5.95. The summed E-state index contributed by atoms with van der Waals surface area (Å²) < 4.78 is 0. The van der Waals surface area contributed by atoms with E-state index in [1.807, 2.05) is 7.05 Å². The van der Waals surface area contributed by atoms with Crippen molar-refractivity contribution in [2.75, 3.05) is 33.3 Å². The molecule has 98 valence electrons. The number of hydrogen-bond acceptors (Lipinski definition) is 3. The van der Waals surface area contributed by atoms with Gasteiger partial charge in [-0.3, -0.25) is 0 Å². The van der Waals surface area contributed by atoms with Gasteiger partial charge in [0.2, 0.25) is 0 Å². The van der Waals surface area contributed by atoms with Crippen LogP contribution in [0.5, 0.6) is 0 Å². The van der Waals surface area contributed by atoms with Crippen LogP contribution < -0.4 is 5.32 Å². The van der Waals surface area contributed by atoms with Crippen molar-refractivity contribution in [2.24, 2.45) is 11.8 Å². The van der Waals surface area contributed by atoms with Crippen molar-refractivity contribution in [2.45, 2.75) is 40.2 Å². The van der Waals surface area contributed by atoms with Crippen LogP contribution in [0, 0.1) is 11.8 Å². The highest BCUT2D eigenvalue weighted by Crippen LogP contribution is 2.10. The molecule has 3 nitrogen and oxygen atoms in total. The predicted molar refractivity (Wildman–Crippen MR) is 70.7 cm³/mol. The number of nitrogens with zero attached hydrogens (tertiary/aromatic N) is 1. The van der Waals surface area contributed by atoms with Crippen LogP contribution in [0.3, 0.4) is 0 Å². The van der Waals surface area contributed by atoms with Gasteiger partial charge in [-0.15, -0.1) is 0 Å². The quantitative estimate of drug-likeness (QED) is 0.664. The van der Waals surface area contributed by atoms with Gasteiger partial charge < -0.3 is 15.3 Å². The molecule has 1 unspecified atom stereocenters. The van der Waals surface area contributed by atoms with E-state index in [4.69, 9.17) is 0 Å². The van der Waals surface area contributed by atoms with Gasteiger partial charge in [0, 0.05) is 19.6 Å². The topological polar surface area (TPSA) is 35.5 Å². The first-order valence-electron chi connectivity index (χ1n) is 6.35. The van der Waals surface area contributed by atoms with Crippen molar-refractivity contribution in [1.82, 2.24) is 10.2 Å². The van der Waals surface area contributed by atoms with Crippen LogP contribution in [0.15, 0.2) is 0 Å². The highest BCUT2D eigenvalue weighted by atomic mass is 16.3. The van der Waals surface area contributed by atoms with Crippen LogP contribution in [0.2, 0.25) is 0 Å². The first-order chi connectivity index (χ1) is 7.33. The van der Waals surface area contributed by atoms with E-state index in [9.17, 15) is 5.11 Å². The second kappa shape index (κ2) is 7.25. The third kappa shape index (κ3) is 6.46. The highest BCUT2D eigenvalue weighted by molar-refractivity contribution is 4.85. The number of aliphatic hydroxyl groups excluding tert-OH is 1. The SMILES string of the molecule is CNC(C)(CO)CN(CC(C)C)CC(C)C. The van der Waals surface area contributed by atoms with E-state index < -0.39 is 0 Å². The molecule has 0 spiro atoms. The van der Waals surface area contributed by atoms with E-state index in [1.54, 1.807) is 0 Å². The molecule has 0 aliphatic rings. The summed E-state index contributed by atoms with van der Waals surface area (Å²) >= 11 is 0. The van der Waals surface area contributed by atoms with Gasteiger partial charge in [0.25, 0.3) is 0 Å². The molecule has 0 amide bonds. The second-order valence-corrected chi connectivity index (χ2v) is 5.95. The Bertz CT molecular complexity index is 167. The van der Waals surface area contributed by atoms with E-state index in [-0.39, 0.29) is 12.1 Å². The monoisotopic (exact) mass is 230 g/mol. The Morgan fingerprint density at radius 3 is 1.81 bits per heavy atom. The van der Waals surface area contributed by atoms with E-state index in [0.717, 1.165) is 19.6 Å². The minimum absolute atomic E-state index is 0.177. The summed E-state index contributed by atoms with van der Waals surface area (Å²) in [6.07, 6.45) is 0. The summed E-state index contributed by atoms with van der Waals surface area (Å²) in [5, 5.41) is 12.6. The summed E-state index contributed by atoms with van der Waals surface area (Å²) in [4.78, 5) is 2.45. The van der Waals surface area contributed by atoms with E-state index in [2.05, 4.69) is 44.8 Å². The molecule has 0 aromatic rings. The fraction of sp³-hybridized carbons (Fsp3) is 1.00. The molecule has 0 aliphatic heterocycles. The van der Waals surface area contributed by atoms with Crippen LogP contribution in [-0.2, 0) is 0 Å². The lowest BCUT2D eigenvalue weighted by atomic mass is 10.0. The van der Waals surface area contributed by atoms with Crippen LogP contribution in [0.1, 0.15) is 34.6 Å². The maximum atomic E-state index is 9.41. The molecule has 3 heteroatoms. The zero-order valence-corrected chi connectivity index (χ0v) is 11.9. The predicted octanol–water partition coefficient (Wildman–Crippen LogP) is 1.57. The molecule has 0 heterocycles. The number of hydrogen-bond donors (Lipinski definition) is 2. The maximum Gasteiger partial charge on any atom is 0.0623 e. The summed E-state index contributed by atoms with van der Waals surface area (Å²) in [5.74, 6) is 1.33. The first-order valence-corrected chi connectivity index (χ1v) is 6.35. The van der Waals surface area contributed by atoms with E-state index in [1.165, 1.54) is 0 Å². The molecular formula is C13H30N2O. The van der Waals surface area contributed by atoms with E-state index in [0.29, 0.717) is 11.8 Å². The highest BCUT2D eigenvalue weighted by Gasteiger charge is 2.24. The molecule has 1 atom stereocenters. The normalized spacial score (nSPS) is 16.1. The lowest BCUT2D eigenvalue weighted by molar-refractivity contribution is 0.111. The minimum Gasteiger partial charge on any atom is -0.394 e. The molecule has 0 aromatic carbocycles. The summed E-state index contributed by atoms with van der Waals surface area (Å²) in [7, 11) is 1.92. The molecule has 0 fully saturated rings. The van der Waals surface area contributed by atoms with Gasteiger partial charge in [-0.25, -0.2) is 0 Å². The van der Waals surface area contributed by atoms with Gasteiger partial charge in [-0.2, -0.15) is 0 Å². The van der Waals surface area contributed by atoms with Crippen molar-refractivity contribution in [1.29, 1.82) is 0 Å². The first kappa shape index (κ1) is 15.9. The lowest BCUT2D eigenvalue weighted by Gasteiger charge is -2.35. The smallest absolute Gasteiger partial charge is 0.0623 e. The Morgan fingerprint density at radius 1 is 1.12 bits per heavy atom. The third-order valence-corrected chi connectivity index (χ3v) is 2.77. The Kier molecular flexibility index (Phi) is 7.20. The maximum absolute atomic E-state index is 9.41. The average molecular weight is 230 g/mol. The fourth-order valence-electron chi connectivity index (χ4n) is 1.94. The molecule has 0 saturated carbocycles. The van der Waals surface area contributed by atoms with Gasteiger partial charge in [-0.05, 0) is 25.8 Å². The Labute approximate surface area is 101 Å².